The molecule has 0 saturated carbocycles. The topological polar surface area (TPSA) is 90.1 Å². The quantitative estimate of drug-likeness (QED) is 0.880. The van der Waals surface area contributed by atoms with Crippen LogP contribution in [0.3, 0.4) is 0 Å². The van der Waals surface area contributed by atoms with E-state index < -0.39 is 11.5 Å². The number of carbonyl (C=O) groups excluding carboxylic acids is 1. The summed E-state index contributed by atoms with van der Waals surface area (Å²) in [7, 11) is 1.55. The molecule has 1 rings (SSSR count). The predicted octanol–water partition coefficient (Wildman–Crippen LogP) is 1.76. The molecule has 0 aliphatic heterocycles. The number of halogens is 1. The van der Waals surface area contributed by atoms with Gasteiger partial charge in [0.1, 0.15) is 0 Å². The first-order chi connectivity index (χ1) is 8.75. The van der Waals surface area contributed by atoms with E-state index in [9.17, 15) is 4.79 Å². The molecule has 1 aromatic rings. The van der Waals surface area contributed by atoms with Crippen LogP contribution in [0.1, 0.15) is 32.4 Å². The average Bonchev–Trinajstić information content (AvgIpc) is 2.30. The Morgan fingerprint density at radius 3 is 2.68 bits per heavy atom. The van der Waals surface area contributed by atoms with Crippen LogP contribution in [0, 0.1) is 5.41 Å². The lowest BCUT2D eigenvalue weighted by Gasteiger charge is -2.18. The summed E-state index contributed by atoms with van der Waals surface area (Å²) in [5.74, 6) is 0.168. The molecule has 3 N–H and O–H groups in total. The molecule has 0 aromatic carbocycles. The second kappa shape index (κ2) is 6.27. The van der Waals surface area contributed by atoms with Crippen molar-refractivity contribution in [3.63, 3.8) is 0 Å². The van der Waals surface area contributed by atoms with Crippen molar-refractivity contribution in [3.8, 4) is 0 Å². The lowest BCUT2D eigenvalue weighted by Crippen LogP contribution is -2.28. The minimum atomic E-state index is -0.518. The van der Waals surface area contributed by atoms with Crippen LogP contribution < -0.4 is 11.1 Å². The van der Waals surface area contributed by atoms with Gasteiger partial charge >= 0.3 is 0 Å². The highest BCUT2D eigenvalue weighted by Gasteiger charge is 2.22. The molecule has 6 nitrogen and oxygen atoms in total. The molecule has 19 heavy (non-hydrogen) atoms. The van der Waals surface area contributed by atoms with Gasteiger partial charge in [0.2, 0.25) is 5.91 Å². The minimum absolute atomic E-state index is 0.157. The number of nitrogens with zero attached hydrogens (tertiary/aromatic N) is 2. The van der Waals surface area contributed by atoms with Gasteiger partial charge in [0.05, 0.1) is 12.6 Å². The molecular weight excluding hydrogens is 268 g/mol. The number of methoxy groups -OCH3 is 1. The van der Waals surface area contributed by atoms with Crippen LogP contribution in [-0.4, -0.2) is 29.8 Å². The zero-order valence-electron chi connectivity index (χ0n) is 11.5. The Labute approximate surface area is 117 Å². The van der Waals surface area contributed by atoms with E-state index in [2.05, 4.69) is 15.5 Å². The highest BCUT2D eigenvalue weighted by atomic mass is 35.5. The largest absolute Gasteiger partial charge is 0.383 e. The van der Waals surface area contributed by atoms with E-state index in [-0.39, 0.29) is 11.1 Å². The summed E-state index contributed by atoms with van der Waals surface area (Å²) in [5, 5.41) is 10.5. The fourth-order valence-electron chi connectivity index (χ4n) is 1.29. The Morgan fingerprint density at radius 1 is 1.53 bits per heavy atom. The lowest BCUT2D eigenvalue weighted by molar-refractivity contribution is -0.123. The number of hydrogen-bond donors (Lipinski definition) is 2. The van der Waals surface area contributed by atoms with Gasteiger partial charge in [0, 0.05) is 18.1 Å². The van der Waals surface area contributed by atoms with Crippen molar-refractivity contribution < 1.29 is 9.53 Å². The van der Waals surface area contributed by atoms with Crippen LogP contribution in [-0.2, 0) is 9.53 Å². The predicted molar refractivity (Wildman–Crippen MR) is 73.9 cm³/mol. The van der Waals surface area contributed by atoms with Crippen molar-refractivity contribution in [1.29, 1.82) is 0 Å². The number of rotatable bonds is 4. The summed E-state index contributed by atoms with van der Waals surface area (Å²) < 4.78 is 4.97. The molecular formula is C12H19ClN4O2. The van der Waals surface area contributed by atoms with Crippen LogP contribution in [0.2, 0.25) is 5.15 Å². The molecule has 0 bridgehead atoms. The third kappa shape index (κ3) is 4.41. The third-order valence-corrected chi connectivity index (χ3v) is 2.74. The zero-order valence-corrected chi connectivity index (χ0v) is 12.3. The van der Waals surface area contributed by atoms with Crippen LogP contribution in [0.5, 0.6) is 0 Å². The Balaban J connectivity index is 2.93. The second-order valence-electron chi connectivity index (χ2n) is 5.24. The summed E-state index contributed by atoms with van der Waals surface area (Å²) in [6.07, 6.45) is 0. The third-order valence-electron chi connectivity index (χ3n) is 2.44. The molecule has 0 spiro atoms. The lowest BCUT2D eigenvalue weighted by atomic mass is 9.96. The number of nitrogens with two attached hydrogens (primary N) is 1. The van der Waals surface area contributed by atoms with E-state index in [4.69, 9.17) is 22.1 Å². The number of amides is 1. The van der Waals surface area contributed by atoms with Crippen molar-refractivity contribution in [1.82, 2.24) is 10.2 Å². The Bertz CT molecular complexity index is 460. The first-order valence-corrected chi connectivity index (χ1v) is 6.22. The van der Waals surface area contributed by atoms with Gasteiger partial charge in [-0.1, -0.05) is 32.4 Å². The van der Waals surface area contributed by atoms with E-state index in [1.54, 1.807) is 13.2 Å². The molecule has 1 aromatic heterocycles. The SMILES string of the molecule is COCC(N)c1cc(NC(=O)C(C)(C)C)nnc1Cl. The van der Waals surface area contributed by atoms with Crippen LogP contribution in [0.4, 0.5) is 5.82 Å². The van der Waals surface area contributed by atoms with Crippen molar-refractivity contribution in [2.45, 2.75) is 26.8 Å². The molecule has 1 unspecified atom stereocenters. The highest BCUT2D eigenvalue weighted by Crippen LogP contribution is 2.22. The molecule has 1 amide bonds. The first kappa shape index (κ1) is 15.8. The molecule has 106 valence electrons. The minimum Gasteiger partial charge on any atom is -0.383 e. The monoisotopic (exact) mass is 286 g/mol. The van der Waals surface area contributed by atoms with E-state index in [1.807, 2.05) is 20.8 Å². The summed E-state index contributed by atoms with van der Waals surface area (Å²) in [4.78, 5) is 11.9. The molecule has 0 radical (unpaired) electrons. The van der Waals surface area contributed by atoms with E-state index in [1.165, 1.54) is 0 Å². The number of carbonyl (C=O) groups is 1. The Kier molecular flexibility index (Phi) is 5.22. The fraction of sp³-hybridized carbons (Fsp3) is 0.583. The van der Waals surface area contributed by atoms with Gasteiger partial charge in [0.25, 0.3) is 0 Å². The molecule has 1 atom stereocenters. The summed E-state index contributed by atoms with van der Waals surface area (Å²) >= 11 is 5.93. The maximum Gasteiger partial charge on any atom is 0.230 e. The standard InChI is InChI=1S/C12H19ClN4O2/c1-12(2,3)11(18)15-9-5-7(8(14)6-19-4)10(13)17-16-9/h5,8H,6,14H2,1-4H3,(H,15,16,18). The van der Waals surface area contributed by atoms with E-state index in [0.29, 0.717) is 18.0 Å². The molecule has 0 aliphatic carbocycles. The van der Waals surface area contributed by atoms with Crippen molar-refractivity contribution >= 4 is 23.3 Å². The van der Waals surface area contributed by atoms with Gasteiger partial charge < -0.3 is 15.8 Å². The number of nitrogens with one attached hydrogen (secondary N) is 1. The van der Waals surface area contributed by atoms with Gasteiger partial charge in [-0.2, -0.15) is 0 Å². The van der Waals surface area contributed by atoms with Gasteiger partial charge in [0.15, 0.2) is 11.0 Å². The molecule has 0 aliphatic rings. The molecule has 0 fully saturated rings. The van der Waals surface area contributed by atoms with Crippen molar-refractivity contribution in [3.05, 3.63) is 16.8 Å². The van der Waals surface area contributed by atoms with Gasteiger partial charge in [-0.15, -0.1) is 10.2 Å². The fourth-order valence-corrected chi connectivity index (χ4v) is 1.52. The van der Waals surface area contributed by atoms with Crippen molar-refractivity contribution in [2.24, 2.45) is 11.1 Å². The molecule has 7 heteroatoms. The Hall–Kier alpha value is -1.24. The van der Waals surface area contributed by atoms with Crippen LogP contribution in [0.25, 0.3) is 0 Å². The average molecular weight is 287 g/mol. The maximum absolute atomic E-state index is 11.9. The molecule has 1 heterocycles. The molecule has 0 saturated heterocycles. The number of aromatic nitrogens is 2. The highest BCUT2D eigenvalue weighted by molar-refractivity contribution is 6.30. The van der Waals surface area contributed by atoms with Crippen LogP contribution >= 0.6 is 11.6 Å². The number of ether oxygens (including phenoxy) is 1. The van der Waals surface area contributed by atoms with Gasteiger partial charge in [-0.3, -0.25) is 4.79 Å². The van der Waals surface area contributed by atoms with E-state index >= 15 is 0 Å². The second-order valence-corrected chi connectivity index (χ2v) is 5.60. The number of hydrogen-bond acceptors (Lipinski definition) is 5. The zero-order chi connectivity index (χ0) is 14.6. The summed E-state index contributed by atoms with van der Waals surface area (Å²) in [5.41, 5.74) is 5.97. The van der Waals surface area contributed by atoms with E-state index in [0.717, 1.165) is 0 Å². The van der Waals surface area contributed by atoms with Crippen LogP contribution in [0.15, 0.2) is 6.07 Å². The van der Waals surface area contributed by atoms with Crippen molar-refractivity contribution in [2.75, 3.05) is 19.0 Å². The van der Waals surface area contributed by atoms with Gasteiger partial charge in [-0.05, 0) is 6.07 Å². The first-order valence-electron chi connectivity index (χ1n) is 5.84. The Morgan fingerprint density at radius 2 is 2.16 bits per heavy atom. The summed E-state index contributed by atoms with van der Waals surface area (Å²) in [6, 6.07) is 1.20. The van der Waals surface area contributed by atoms with Gasteiger partial charge in [-0.25, -0.2) is 0 Å². The number of anilines is 1. The maximum atomic E-state index is 11.9. The summed E-state index contributed by atoms with van der Waals surface area (Å²) in [6.45, 7) is 5.73. The normalized spacial score (nSPS) is 13.2. The smallest absolute Gasteiger partial charge is 0.230 e.